The lowest BCUT2D eigenvalue weighted by molar-refractivity contribution is 0.390. The van der Waals surface area contributed by atoms with Gasteiger partial charge in [-0.25, -0.2) is 18.4 Å². The van der Waals surface area contributed by atoms with Gasteiger partial charge < -0.3 is 9.47 Å². The van der Waals surface area contributed by atoms with Gasteiger partial charge in [-0.3, -0.25) is 9.29 Å². The van der Waals surface area contributed by atoms with E-state index in [0.717, 1.165) is 12.8 Å². The maximum absolute atomic E-state index is 13.4. The summed E-state index contributed by atoms with van der Waals surface area (Å²) in [5, 5.41) is 7.94. The molecule has 12 heteroatoms. The first-order chi connectivity index (χ1) is 16.2. The zero-order valence-corrected chi connectivity index (χ0v) is 21.4. The van der Waals surface area contributed by atoms with Gasteiger partial charge in [-0.2, -0.15) is 0 Å². The number of aromatic nitrogens is 5. The van der Waals surface area contributed by atoms with Crippen molar-refractivity contribution in [1.29, 1.82) is 0 Å². The normalized spacial score (nSPS) is 13.4. The second-order valence-electron chi connectivity index (χ2n) is 7.79. The van der Waals surface area contributed by atoms with Crippen LogP contribution in [0.1, 0.15) is 51.2 Å². The third kappa shape index (κ3) is 5.41. The molecule has 1 N–H and O–H groups in total. The lowest BCUT2D eigenvalue weighted by atomic mass is 10.1. The molecule has 0 saturated heterocycles. The van der Waals surface area contributed by atoms with Crippen molar-refractivity contribution >= 4 is 27.6 Å². The zero-order valence-electron chi connectivity index (χ0n) is 19.8. The minimum absolute atomic E-state index is 0.0463. The summed E-state index contributed by atoms with van der Waals surface area (Å²) < 4.78 is 42.1. The van der Waals surface area contributed by atoms with Crippen molar-refractivity contribution in [1.82, 2.24) is 24.7 Å². The number of rotatable bonds is 11. The van der Waals surface area contributed by atoms with Crippen LogP contribution in [0.4, 0.5) is 5.95 Å². The highest BCUT2D eigenvalue weighted by Gasteiger charge is 2.32. The van der Waals surface area contributed by atoms with Crippen LogP contribution in [0.25, 0.3) is 5.69 Å². The van der Waals surface area contributed by atoms with E-state index in [1.54, 1.807) is 36.6 Å². The molecule has 2 atom stereocenters. The van der Waals surface area contributed by atoms with E-state index in [0.29, 0.717) is 40.3 Å². The van der Waals surface area contributed by atoms with Gasteiger partial charge in [0.25, 0.3) is 0 Å². The zero-order chi connectivity index (χ0) is 24.9. The first-order valence-corrected chi connectivity index (χ1v) is 12.8. The van der Waals surface area contributed by atoms with Crippen molar-refractivity contribution in [2.45, 2.75) is 51.2 Å². The van der Waals surface area contributed by atoms with Crippen LogP contribution in [-0.4, -0.2) is 52.6 Å². The number of anilines is 1. The Morgan fingerprint density at radius 3 is 2.26 bits per heavy atom. The van der Waals surface area contributed by atoms with Gasteiger partial charge in [-0.05, 0) is 25.5 Å². The van der Waals surface area contributed by atoms with Crippen molar-refractivity contribution < 1.29 is 17.9 Å². The minimum atomic E-state index is -3.92. The molecule has 2 heterocycles. The number of unbranched alkanes of at least 4 members (excludes halogenated alkanes) is 1. The van der Waals surface area contributed by atoms with Crippen LogP contribution in [0.3, 0.4) is 0 Å². The number of para-hydroxylation sites is 1. The highest BCUT2D eigenvalue weighted by Crippen LogP contribution is 2.36. The number of methoxy groups -OCH3 is 2. The highest BCUT2D eigenvalue weighted by molar-refractivity contribution is 7.93. The Hall–Kier alpha value is -2.92. The number of aryl methyl sites for hydroxylation is 1. The van der Waals surface area contributed by atoms with Crippen LogP contribution in [-0.2, 0) is 16.4 Å². The molecule has 3 aromatic rings. The van der Waals surface area contributed by atoms with E-state index in [1.165, 1.54) is 26.6 Å². The first kappa shape index (κ1) is 25.7. The molecule has 0 saturated carbocycles. The van der Waals surface area contributed by atoms with Gasteiger partial charge >= 0.3 is 0 Å². The van der Waals surface area contributed by atoms with E-state index in [2.05, 4.69) is 31.8 Å². The molecule has 3 rings (SSSR count). The standard InChI is InChI=1S/C22H29ClN6O4S/c1-6-7-11-19-26-27-22(29(19)20-17(32-4)9-8-10-18(20)33-5)28-34(30,31)15(3)14(2)21-24-12-16(23)13-25-21/h8-10,12-15H,6-7,11H2,1-5H3,(H,27,28)/t14-,15-/m0/s1. The van der Waals surface area contributed by atoms with Crippen LogP contribution in [0.2, 0.25) is 5.02 Å². The van der Waals surface area contributed by atoms with Crippen LogP contribution < -0.4 is 14.2 Å². The van der Waals surface area contributed by atoms with Gasteiger partial charge in [0.2, 0.25) is 16.0 Å². The van der Waals surface area contributed by atoms with Gasteiger partial charge in [0.05, 0.1) is 24.5 Å². The number of halogens is 1. The maximum Gasteiger partial charge on any atom is 0.243 e. The second-order valence-corrected chi connectivity index (χ2v) is 10.3. The fraction of sp³-hybridized carbons (Fsp3) is 0.455. The van der Waals surface area contributed by atoms with Gasteiger partial charge in [-0.15, -0.1) is 10.2 Å². The SMILES string of the molecule is CCCCc1nnc(NS(=O)(=O)[C@@H](C)[C@H](C)c2ncc(Cl)cn2)n1-c1c(OC)cccc1OC. The highest BCUT2D eigenvalue weighted by atomic mass is 35.5. The van der Waals surface area contributed by atoms with Crippen LogP contribution in [0.15, 0.2) is 30.6 Å². The molecular weight excluding hydrogens is 480 g/mol. The molecule has 1 aromatic carbocycles. The minimum Gasteiger partial charge on any atom is -0.494 e. The first-order valence-electron chi connectivity index (χ1n) is 10.9. The van der Waals surface area contributed by atoms with Crippen molar-refractivity contribution in [2.24, 2.45) is 0 Å². The predicted octanol–water partition coefficient (Wildman–Crippen LogP) is 4.00. The molecule has 0 fully saturated rings. The molecular formula is C22H29ClN6O4S. The Morgan fingerprint density at radius 2 is 1.71 bits per heavy atom. The van der Waals surface area contributed by atoms with Gasteiger partial charge in [0.15, 0.2) is 0 Å². The topological polar surface area (TPSA) is 121 Å². The molecule has 0 radical (unpaired) electrons. The number of hydrogen-bond donors (Lipinski definition) is 1. The van der Waals surface area contributed by atoms with Crippen LogP contribution >= 0.6 is 11.6 Å². The maximum atomic E-state index is 13.4. The third-order valence-electron chi connectivity index (χ3n) is 5.58. The molecule has 2 aromatic heterocycles. The van der Waals surface area contributed by atoms with Crippen LogP contribution in [0.5, 0.6) is 11.5 Å². The summed E-state index contributed by atoms with van der Waals surface area (Å²) in [7, 11) is -0.844. The smallest absolute Gasteiger partial charge is 0.243 e. The number of nitrogens with zero attached hydrogens (tertiary/aromatic N) is 5. The molecule has 0 bridgehead atoms. The molecule has 0 aliphatic rings. The summed E-state index contributed by atoms with van der Waals surface area (Å²) in [6.45, 7) is 5.40. The average molecular weight is 509 g/mol. The Labute approximate surface area is 204 Å². The lowest BCUT2D eigenvalue weighted by Crippen LogP contribution is -2.31. The molecule has 184 valence electrons. The molecule has 0 amide bonds. The summed E-state index contributed by atoms with van der Waals surface area (Å²) in [6.07, 6.45) is 5.27. The fourth-order valence-electron chi connectivity index (χ4n) is 3.42. The molecule has 10 nitrogen and oxygen atoms in total. The van der Waals surface area contributed by atoms with E-state index >= 15 is 0 Å². The molecule has 0 aliphatic heterocycles. The number of sulfonamides is 1. The van der Waals surface area contributed by atoms with E-state index in [4.69, 9.17) is 21.1 Å². The summed E-state index contributed by atoms with van der Waals surface area (Å²) in [4.78, 5) is 8.33. The fourth-order valence-corrected chi connectivity index (χ4v) is 4.75. The Morgan fingerprint density at radius 1 is 1.09 bits per heavy atom. The van der Waals surface area contributed by atoms with Crippen molar-refractivity contribution in [2.75, 3.05) is 18.9 Å². The largest absolute Gasteiger partial charge is 0.494 e. The van der Waals surface area contributed by atoms with E-state index in [1.807, 2.05) is 0 Å². The molecule has 0 spiro atoms. The molecule has 34 heavy (non-hydrogen) atoms. The number of nitrogens with one attached hydrogen (secondary N) is 1. The van der Waals surface area contributed by atoms with Gasteiger partial charge in [0.1, 0.15) is 28.8 Å². The summed E-state index contributed by atoms with van der Waals surface area (Å²) in [6, 6.07) is 5.32. The summed E-state index contributed by atoms with van der Waals surface area (Å²) in [5.74, 6) is 1.49. The summed E-state index contributed by atoms with van der Waals surface area (Å²) >= 11 is 5.86. The van der Waals surface area contributed by atoms with Crippen LogP contribution in [0, 0.1) is 0 Å². The second kappa shape index (κ2) is 11.0. The summed E-state index contributed by atoms with van der Waals surface area (Å²) in [5.41, 5.74) is 0.517. The van der Waals surface area contributed by atoms with Gasteiger partial charge in [-0.1, -0.05) is 37.9 Å². The van der Waals surface area contributed by atoms with Crippen molar-refractivity contribution in [3.8, 4) is 17.2 Å². The predicted molar refractivity (Wildman–Crippen MR) is 131 cm³/mol. The monoisotopic (exact) mass is 508 g/mol. The Kier molecular flexibility index (Phi) is 8.32. The van der Waals surface area contributed by atoms with Crippen molar-refractivity contribution in [3.63, 3.8) is 0 Å². The number of benzene rings is 1. The average Bonchev–Trinajstić information content (AvgIpc) is 3.22. The van der Waals surface area contributed by atoms with Gasteiger partial charge in [0, 0.05) is 24.7 Å². The number of ether oxygens (including phenoxy) is 2. The lowest BCUT2D eigenvalue weighted by Gasteiger charge is -2.21. The van der Waals surface area contributed by atoms with E-state index in [-0.39, 0.29) is 5.95 Å². The van der Waals surface area contributed by atoms with E-state index < -0.39 is 21.2 Å². The Balaban J connectivity index is 2.04. The quantitative estimate of drug-likeness (QED) is 0.412. The third-order valence-corrected chi connectivity index (χ3v) is 7.63. The van der Waals surface area contributed by atoms with E-state index in [9.17, 15) is 8.42 Å². The number of hydrogen-bond acceptors (Lipinski definition) is 8. The molecule has 0 unspecified atom stereocenters. The molecule has 0 aliphatic carbocycles. The van der Waals surface area contributed by atoms with Crippen molar-refractivity contribution in [3.05, 3.63) is 47.3 Å². The Bertz CT molecular complexity index is 1190.